The number of para-hydroxylation sites is 1. The fraction of sp³-hybridized carbons (Fsp3) is 0.0909. The number of amidine groups is 2. The first kappa shape index (κ1) is 18.4. The molecule has 7 nitrogen and oxygen atoms in total. The Morgan fingerprint density at radius 3 is 2.67 bits per heavy atom. The van der Waals surface area contributed by atoms with Crippen LogP contribution in [0.3, 0.4) is 0 Å². The van der Waals surface area contributed by atoms with E-state index in [1.54, 1.807) is 24.5 Å². The number of carbonyl (C=O) groups is 1. The maximum absolute atomic E-state index is 12.7. The number of nitrogens with one attached hydrogen (secondary N) is 1. The van der Waals surface area contributed by atoms with Crippen molar-refractivity contribution in [3.63, 3.8) is 0 Å². The number of aliphatic imine (C=N–C) groups is 1. The molecule has 30 heavy (non-hydrogen) atoms. The Hall–Kier alpha value is -3.65. The minimum atomic E-state index is -0.445. The quantitative estimate of drug-likeness (QED) is 0.644. The van der Waals surface area contributed by atoms with Crippen molar-refractivity contribution in [2.75, 3.05) is 0 Å². The molecule has 0 saturated carbocycles. The summed E-state index contributed by atoms with van der Waals surface area (Å²) in [5, 5.41) is 15.3. The van der Waals surface area contributed by atoms with Crippen LogP contribution >= 0.6 is 11.8 Å². The highest BCUT2D eigenvalue weighted by atomic mass is 32.2. The minimum absolute atomic E-state index is 0.00331. The molecule has 0 aliphatic carbocycles. The molecule has 0 spiro atoms. The molecule has 2 aliphatic heterocycles. The Morgan fingerprint density at radius 2 is 1.93 bits per heavy atom. The molecule has 0 unspecified atom stereocenters. The average molecular weight is 415 g/mol. The summed E-state index contributed by atoms with van der Waals surface area (Å²) >= 11 is 1.21. The number of thioether (sulfide) groups is 1. The molecule has 0 saturated heterocycles. The van der Waals surface area contributed by atoms with Gasteiger partial charge in [0.2, 0.25) is 5.17 Å². The van der Waals surface area contributed by atoms with Crippen molar-refractivity contribution in [3.8, 4) is 5.69 Å². The van der Waals surface area contributed by atoms with Crippen molar-refractivity contribution in [3.05, 3.63) is 83.1 Å². The molecule has 0 radical (unpaired) electrons. The highest BCUT2D eigenvalue weighted by Crippen LogP contribution is 2.31. The van der Waals surface area contributed by atoms with Crippen LogP contribution in [0.25, 0.3) is 11.8 Å². The van der Waals surface area contributed by atoms with Crippen molar-refractivity contribution >= 4 is 39.8 Å². The fourth-order valence-electron chi connectivity index (χ4n) is 3.56. The van der Waals surface area contributed by atoms with Gasteiger partial charge in [0.15, 0.2) is 16.6 Å². The number of furan rings is 1. The summed E-state index contributed by atoms with van der Waals surface area (Å²) in [5.74, 6) is 0.136. The number of hydrogen-bond donors (Lipinski definition) is 1. The predicted molar refractivity (Wildman–Crippen MR) is 118 cm³/mol. The van der Waals surface area contributed by atoms with E-state index >= 15 is 0 Å². The maximum Gasteiger partial charge on any atom is 0.283 e. The monoisotopic (exact) mass is 415 g/mol. The Kier molecular flexibility index (Phi) is 4.29. The third-order valence-corrected chi connectivity index (χ3v) is 5.89. The molecular formula is C22H17N5O2S. The summed E-state index contributed by atoms with van der Waals surface area (Å²) in [6, 6.07) is 15.6. The van der Waals surface area contributed by atoms with E-state index in [9.17, 15) is 4.79 Å². The van der Waals surface area contributed by atoms with Gasteiger partial charge in [0.25, 0.3) is 5.91 Å². The highest BCUT2D eigenvalue weighted by molar-refractivity contribution is 8.27. The van der Waals surface area contributed by atoms with Crippen LogP contribution < -0.4 is 0 Å². The normalized spacial score (nSPS) is 17.4. The Bertz CT molecular complexity index is 1270. The zero-order chi connectivity index (χ0) is 20.8. The van der Waals surface area contributed by atoms with Gasteiger partial charge in [-0.15, -0.1) is 0 Å². The van der Waals surface area contributed by atoms with Gasteiger partial charge < -0.3 is 8.98 Å². The fourth-order valence-corrected chi connectivity index (χ4v) is 4.41. The van der Waals surface area contributed by atoms with Gasteiger partial charge in [0.1, 0.15) is 0 Å². The molecule has 4 heterocycles. The first-order valence-electron chi connectivity index (χ1n) is 9.31. The second-order valence-corrected chi connectivity index (χ2v) is 7.86. The van der Waals surface area contributed by atoms with Gasteiger partial charge >= 0.3 is 0 Å². The average Bonchev–Trinajstić information content (AvgIpc) is 3.45. The van der Waals surface area contributed by atoms with Crippen LogP contribution in [-0.2, 0) is 4.79 Å². The van der Waals surface area contributed by atoms with Crippen molar-refractivity contribution in [1.29, 1.82) is 5.41 Å². The topological polar surface area (TPSA) is 87.0 Å². The molecule has 1 amide bonds. The molecule has 0 bridgehead atoms. The van der Waals surface area contributed by atoms with Crippen molar-refractivity contribution < 1.29 is 9.21 Å². The van der Waals surface area contributed by atoms with E-state index in [0.717, 1.165) is 22.6 Å². The van der Waals surface area contributed by atoms with Crippen LogP contribution in [0.1, 0.15) is 22.7 Å². The molecule has 148 valence electrons. The zero-order valence-corrected chi connectivity index (χ0v) is 17.1. The highest BCUT2D eigenvalue weighted by Gasteiger charge is 2.36. The lowest BCUT2D eigenvalue weighted by atomic mass is 10.1. The van der Waals surface area contributed by atoms with Gasteiger partial charge in [-0.25, -0.2) is 0 Å². The number of carbonyl (C=O) groups excluding carboxylic acids is 1. The third kappa shape index (κ3) is 2.93. The van der Waals surface area contributed by atoms with Gasteiger partial charge in [0, 0.05) is 17.1 Å². The SMILES string of the molecule is Cc1cc(/C=C2/C(=N)N3N=C(c4ccco4)SC3=NC2=O)c(C)n1-c1ccccc1. The number of fused-ring (bicyclic) bond motifs is 1. The van der Waals surface area contributed by atoms with E-state index in [0.29, 0.717) is 16.0 Å². The number of hydrazone groups is 1. The number of rotatable bonds is 3. The molecule has 1 N–H and O–H groups in total. The van der Waals surface area contributed by atoms with Crippen LogP contribution in [0.2, 0.25) is 0 Å². The molecule has 3 aromatic rings. The van der Waals surface area contributed by atoms with Crippen molar-refractivity contribution in [2.45, 2.75) is 13.8 Å². The van der Waals surface area contributed by atoms with Gasteiger partial charge in [-0.1, -0.05) is 18.2 Å². The standard InChI is InChI=1S/C22H17N5O2S/c1-13-11-15(14(2)26(13)16-7-4-3-5-8-16)12-17-19(23)27-22(24-20(17)28)30-21(25-27)18-9-6-10-29-18/h3-12,23H,1-2H3/b17-12-,23-19?. The predicted octanol–water partition coefficient (Wildman–Crippen LogP) is 4.35. The van der Waals surface area contributed by atoms with Gasteiger partial charge in [-0.05, 0) is 67.6 Å². The lowest BCUT2D eigenvalue weighted by Gasteiger charge is -2.20. The maximum atomic E-state index is 12.7. The Balaban J connectivity index is 1.53. The Labute approximate surface area is 176 Å². The zero-order valence-electron chi connectivity index (χ0n) is 16.3. The molecular weight excluding hydrogens is 398 g/mol. The van der Waals surface area contributed by atoms with Crippen molar-refractivity contribution in [1.82, 2.24) is 9.58 Å². The lowest BCUT2D eigenvalue weighted by molar-refractivity contribution is -0.114. The van der Waals surface area contributed by atoms with Crippen LogP contribution in [0.15, 0.2) is 74.9 Å². The second-order valence-electron chi connectivity index (χ2n) is 6.90. The summed E-state index contributed by atoms with van der Waals surface area (Å²) in [6.45, 7) is 4.01. The summed E-state index contributed by atoms with van der Waals surface area (Å²) in [6.07, 6.45) is 3.28. The van der Waals surface area contributed by atoms with Crippen LogP contribution in [0.5, 0.6) is 0 Å². The second kappa shape index (κ2) is 7.00. The first-order valence-corrected chi connectivity index (χ1v) is 10.1. The number of hydrogen-bond acceptors (Lipinski definition) is 5. The molecule has 1 aromatic carbocycles. The van der Waals surface area contributed by atoms with Crippen LogP contribution in [-0.4, -0.2) is 31.5 Å². The van der Waals surface area contributed by atoms with E-state index in [1.807, 2.05) is 50.2 Å². The third-order valence-electron chi connectivity index (χ3n) is 4.97. The number of amides is 1. The first-order chi connectivity index (χ1) is 14.5. The molecule has 0 atom stereocenters. The summed E-state index contributed by atoms with van der Waals surface area (Å²) in [7, 11) is 0. The van der Waals surface area contributed by atoms with Gasteiger partial charge in [0.05, 0.1) is 11.8 Å². The smallest absolute Gasteiger partial charge is 0.283 e. The minimum Gasteiger partial charge on any atom is -0.462 e. The summed E-state index contributed by atoms with van der Waals surface area (Å²) in [4.78, 5) is 16.8. The summed E-state index contributed by atoms with van der Waals surface area (Å²) < 4.78 is 7.50. The summed E-state index contributed by atoms with van der Waals surface area (Å²) in [5.41, 5.74) is 4.14. The number of aromatic nitrogens is 1. The van der Waals surface area contributed by atoms with E-state index in [1.165, 1.54) is 16.8 Å². The van der Waals surface area contributed by atoms with Crippen LogP contribution in [0.4, 0.5) is 0 Å². The van der Waals surface area contributed by atoms with Crippen molar-refractivity contribution in [2.24, 2.45) is 10.1 Å². The molecule has 8 heteroatoms. The molecule has 2 aromatic heterocycles. The van der Waals surface area contributed by atoms with Gasteiger partial charge in [-0.3, -0.25) is 10.2 Å². The largest absolute Gasteiger partial charge is 0.462 e. The van der Waals surface area contributed by atoms with Crippen LogP contribution in [0, 0.1) is 19.3 Å². The molecule has 2 aliphatic rings. The van der Waals surface area contributed by atoms with E-state index in [4.69, 9.17) is 9.83 Å². The molecule has 0 fully saturated rings. The molecule has 5 rings (SSSR count). The lowest BCUT2D eigenvalue weighted by Crippen LogP contribution is -2.35. The van der Waals surface area contributed by atoms with E-state index in [-0.39, 0.29) is 11.4 Å². The van der Waals surface area contributed by atoms with Gasteiger partial charge in [-0.2, -0.15) is 15.1 Å². The Morgan fingerprint density at radius 1 is 1.13 bits per heavy atom. The number of benzene rings is 1. The van der Waals surface area contributed by atoms with E-state index in [2.05, 4.69) is 14.7 Å². The van der Waals surface area contributed by atoms with E-state index < -0.39 is 5.91 Å². The number of nitrogens with zero attached hydrogens (tertiary/aromatic N) is 4. The number of aryl methyl sites for hydroxylation is 1.